The Morgan fingerprint density at radius 2 is 2.00 bits per heavy atom. The summed E-state index contributed by atoms with van der Waals surface area (Å²) in [5.41, 5.74) is 0. The third-order valence-electron chi connectivity index (χ3n) is 2.49. The first-order valence-electron chi connectivity index (χ1n) is 6.95. The molecule has 1 aliphatic rings. The minimum atomic E-state index is 0.715. The predicted octanol–water partition coefficient (Wildman–Crippen LogP) is 7.46. The van der Waals surface area contributed by atoms with E-state index in [1.165, 1.54) is 44.3 Å². The van der Waals surface area contributed by atoms with E-state index in [0.717, 1.165) is 10.8 Å². The first-order valence-corrected chi connectivity index (χ1v) is 14.3. The molecule has 0 fully saturated rings. The molecule has 0 saturated heterocycles. The van der Waals surface area contributed by atoms with Gasteiger partial charge in [0.05, 0.1) is 0 Å². The fraction of sp³-hybridized carbons (Fsp3) is 0.846. The van der Waals surface area contributed by atoms with Crippen molar-refractivity contribution < 1.29 is 0 Å². The van der Waals surface area contributed by atoms with Gasteiger partial charge in [-0.3, -0.25) is 0 Å². The Kier molecular flexibility index (Phi) is 21.3. The number of hydrogen-bond donors (Lipinski definition) is 2. The molecule has 1 aliphatic heterocycles. The second kappa shape index (κ2) is 19.2. The molecule has 0 aromatic rings. The smallest absolute Gasteiger partial charge is 0.0474 e. The molecule has 1 atom stereocenters. The second-order valence-electron chi connectivity index (χ2n) is 4.17. The lowest BCUT2D eigenvalue weighted by Crippen LogP contribution is -2.02. The molecule has 0 aromatic carbocycles. The Morgan fingerprint density at radius 3 is 2.50 bits per heavy atom. The summed E-state index contributed by atoms with van der Waals surface area (Å²) in [5, 5.41) is 3.73. The summed E-state index contributed by atoms with van der Waals surface area (Å²) in [6.07, 6.45) is 10.4. The highest BCUT2D eigenvalue weighted by molar-refractivity contribution is 9.09. The molecule has 1 rings (SSSR count). The third-order valence-corrected chi connectivity index (χ3v) is 10.2. The molecule has 0 N–H and O–H groups in total. The van der Waals surface area contributed by atoms with Crippen LogP contribution >= 0.6 is 78.3 Å². The SMILES string of the molecule is C1=CSSC1.CCCCCCCC(CS)SSSCS. The van der Waals surface area contributed by atoms with E-state index in [0.29, 0.717) is 5.25 Å². The van der Waals surface area contributed by atoms with E-state index in [1.54, 1.807) is 0 Å². The zero-order chi connectivity index (χ0) is 14.9. The number of rotatable bonds is 11. The topological polar surface area (TPSA) is 0 Å². The molecular weight excluding hydrogens is 381 g/mol. The van der Waals surface area contributed by atoms with Crippen molar-refractivity contribution in [2.45, 2.75) is 50.7 Å². The van der Waals surface area contributed by atoms with E-state index < -0.39 is 0 Å². The molecule has 120 valence electrons. The first-order chi connectivity index (χ1) is 9.85. The van der Waals surface area contributed by atoms with Gasteiger partial charge in [0.15, 0.2) is 0 Å². The van der Waals surface area contributed by atoms with Crippen LogP contribution in [0.15, 0.2) is 11.5 Å². The minimum Gasteiger partial charge on any atom is -0.178 e. The monoisotopic (exact) mass is 406 g/mol. The Morgan fingerprint density at radius 1 is 1.20 bits per heavy atom. The van der Waals surface area contributed by atoms with Gasteiger partial charge >= 0.3 is 0 Å². The van der Waals surface area contributed by atoms with Gasteiger partial charge in [0, 0.05) is 21.8 Å². The van der Waals surface area contributed by atoms with Gasteiger partial charge in [-0.2, -0.15) is 25.3 Å². The third kappa shape index (κ3) is 16.6. The van der Waals surface area contributed by atoms with Gasteiger partial charge in [0.2, 0.25) is 0 Å². The average molecular weight is 407 g/mol. The van der Waals surface area contributed by atoms with Gasteiger partial charge < -0.3 is 0 Å². The molecule has 0 amide bonds. The summed E-state index contributed by atoms with van der Waals surface area (Å²) < 4.78 is 0. The fourth-order valence-electron chi connectivity index (χ4n) is 1.45. The van der Waals surface area contributed by atoms with Gasteiger partial charge in [-0.05, 0) is 21.7 Å². The van der Waals surface area contributed by atoms with Crippen molar-refractivity contribution in [3.05, 3.63) is 11.5 Å². The van der Waals surface area contributed by atoms with Crippen molar-refractivity contribution in [2.75, 3.05) is 16.6 Å². The highest BCUT2D eigenvalue weighted by atomic mass is 33.5. The molecule has 1 heterocycles. The molecule has 0 nitrogen and oxygen atoms in total. The van der Waals surface area contributed by atoms with Crippen molar-refractivity contribution in [2.24, 2.45) is 0 Å². The van der Waals surface area contributed by atoms with E-state index in [4.69, 9.17) is 0 Å². The van der Waals surface area contributed by atoms with Crippen molar-refractivity contribution in [3.8, 4) is 0 Å². The average Bonchev–Trinajstić information content (AvgIpc) is 3.05. The van der Waals surface area contributed by atoms with Crippen molar-refractivity contribution >= 4 is 78.3 Å². The van der Waals surface area contributed by atoms with Crippen molar-refractivity contribution in [1.82, 2.24) is 0 Å². The van der Waals surface area contributed by atoms with Crippen LogP contribution in [-0.4, -0.2) is 21.8 Å². The lowest BCUT2D eigenvalue weighted by Gasteiger charge is -2.12. The molecular formula is C13H26S7. The van der Waals surface area contributed by atoms with Crippen molar-refractivity contribution in [3.63, 3.8) is 0 Å². The number of thiol groups is 2. The van der Waals surface area contributed by atoms with Crippen LogP contribution in [0, 0.1) is 0 Å². The summed E-state index contributed by atoms with van der Waals surface area (Å²) >= 11 is 8.57. The molecule has 0 radical (unpaired) electrons. The zero-order valence-corrected chi connectivity index (χ0v) is 17.9. The highest BCUT2D eigenvalue weighted by Crippen LogP contribution is 2.39. The number of hydrogen-bond acceptors (Lipinski definition) is 7. The van der Waals surface area contributed by atoms with Gasteiger partial charge in [0.25, 0.3) is 0 Å². The molecule has 0 spiro atoms. The number of unbranched alkanes of at least 4 members (excludes halogenated alkanes) is 4. The Balaban J connectivity index is 0.000000595. The van der Waals surface area contributed by atoms with Crippen LogP contribution in [0.25, 0.3) is 0 Å². The van der Waals surface area contributed by atoms with Gasteiger partial charge in [-0.25, -0.2) is 0 Å². The zero-order valence-electron chi connectivity index (χ0n) is 12.0. The molecule has 0 saturated carbocycles. The van der Waals surface area contributed by atoms with E-state index in [-0.39, 0.29) is 0 Å². The molecule has 7 heteroatoms. The Hall–Kier alpha value is 2.19. The minimum absolute atomic E-state index is 0.715. The van der Waals surface area contributed by atoms with Gasteiger partial charge in [-0.1, -0.05) is 88.3 Å². The van der Waals surface area contributed by atoms with Crippen LogP contribution in [-0.2, 0) is 0 Å². The van der Waals surface area contributed by atoms with Crippen LogP contribution in [0.4, 0.5) is 0 Å². The summed E-state index contributed by atoms with van der Waals surface area (Å²) in [5.74, 6) is 2.20. The van der Waals surface area contributed by atoms with Crippen LogP contribution in [0.5, 0.6) is 0 Å². The van der Waals surface area contributed by atoms with E-state index in [1.807, 2.05) is 53.0 Å². The van der Waals surface area contributed by atoms with Crippen LogP contribution in [0.1, 0.15) is 45.4 Å². The molecule has 0 bridgehead atoms. The molecule has 1 unspecified atom stereocenters. The van der Waals surface area contributed by atoms with Crippen LogP contribution in [0.2, 0.25) is 0 Å². The lowest BCUT2D eigenvalue weighted by atomic mass is 10.1. The van der Waals surface area contributed by atoms with Gasteiger partial charge in [0.1, 0.15) is 0 Å². The molecule has 20 heavy (non-hydrogen) atoms. The Labute approximate surface area is 156 Å². The Bertz CT molecular complexity index is 205. The van der Waals surface area contributed by atoms with E-state index >= 15 is 0 Å². The molecule has 0 aromatic heterocycles. The summed E-state index contributed by atoms with van der Waals surface area (Å²) in [7, 11) is 9.33. The predicted molar refractivity (Wildman–Crippen MR) is 117 cm³/mol. The lowest BCUT2D eigenvalue weighted by molar-refractivity contribution is 0.609. The van der Waals surface area contributed by atoms with Crippen LogP contribution in [0.3, 0.4) is 0 Å². The maximum Gasteiger partial charge on any atom is 0.0474 e. The van der Waals surface area contributed by atoms with E-state index in [2.05, 4.69) is 43.7 Å². The first kappa shape index (κ1) is 22.2. The summed E-state index contributed by atoms with van der Waals surface area (Å²) in [6.45, 7) is 2.26. The maximum absolute atomic E-state index is 4.40. The summed E-state index contributed by atoms with van der Waals surface area (Å²) in [6, 6.07) is 0. The standard InChI is InChI=1S/C10H22S5.C3H4S2/c1-2-3-4-5-6-7-10(8-11)14-15-13-9-12;1-2-4-5-3-1/h10-12H,2-9H2,1H3;1-2H,3H2. The fourth-order valence-corrected chi connectivity index (χ4v) is 8.43. The maximum atomic E-state index is 4.40. The summed E-state index contributed by atoms with van der Waals surface area (Å²) in [4.78, 5) is 0. The quantitative estimate of drug-likeness (QED) is 0.158. The highest BCUT2D eigenvalue weighted by Gasteiger charge is 2.07. The molecule has 0 aliphatic carbocycles. The van der Waals surface area contributed by atoms with Crippen LogP contribution < -0.4 is 0 Å². The van der Waals surface area contributed by atoms with Gasteiger partial charge in [-0.15, -0.1) is 0 Å². The largest absolute Gasteiger partial charge is 0.178 e. The van der Waals surface area contributed by atoms with E-state index in [9.17, 15) is 0 Å². The second-order valence-corrected chi connectivity index (χ2v) is 12.0. The normalized spacial score (nSPS) is 14.9. The van der Waals surface area contributed by atoms with Crippen molar-refractivity contribution in [1.29, 1.82) is 0 Å².